The number of nitrogens with zero attached hydrogens (tertiary/aromatic N) is 1. The predicted molar refractivity (Wildman–Crippen MR) is 119 cm³/mol. The Morgan fingerprint density at radius 3 is 2.38 bits per heavy atom. The van der Waals surface area contributed by atoms with Gasteiger partial charge in [0.1, 0.15) is 11.6 Å². The average molecular weight is 502 g/mol. The van der Waals surface area contributed by atoms with E-state index in [-0.39, 0.29) is 40.8 Å². The molecule has 9 nitrogen and oxygen atoms in total. The first-order valence-corrected chi connectivity index (χ1v) is 9.97. The lowest BCUT2D eigenvalue weighted by Crippen LogP contribution is -2.20. The molecule has 0 heterocycles. The fourth-order valence-corrected chi connectivity index (χ4v) is 2.71. The van der Waals surface area contributed by atoms with E-state index in [9.17, 15) is 14.4 Å². The molecule has 2 aromatic rings. The van der Waals surface area contributed by atoms with Crippen molar-refractivity contribution in [3.63, 3.8) is 0 Å². The topological polar surface area (TPSA) is 141 Å². The standard InChI is InChI=1S/C22H20BrN3O6/c1-13(25)17(10-24)18(27)11-32-22(29)14-3-8-19(20(9-14)30-2)31-12-21(28)26-16-6-4-15(23)5-7-16/h3-9H,11-12,25H2,1-2H3,(H,26,28)/b17-13-. The first-order chi connectivity index (χ1) is 15.2. The molecule has 0 bridgehead atoms. The molecule has 32 heavy (non-hydrogen) atoms. The fourth-order valence-electron chi connectivity index (χ4n) is 2.44. The lowest BCUT2D eigenvalue weighted by atomic mass is 10.1. The molecule has 0 aromatic heterocycles. The summed E-state index contributed by atoms with van der Waals surface area (Å²) in [5.74, 6) is -1.46. The summed E-state index contributed by atoms with van der Waals surface area (Å²) in [6.45, 7) is 0.487. The first-order valence-electron chi connectivity index (χ1n) is 9.18. The van der Waals surface area contributed by atoms with E-state index in [4.69, 9.17) is 25.2 Å². The molecule has 2 rings (SSSR count). The number of nitriles is 1. The van der Waals surface area contributed by atoms with Crippen LogP contribution in [0.25, 0.3) is 0 Å². The zero-order valence-electron chi connectivity index (χ0n) is 17.3. The van der Waals surface area contributed by atoms with Gasteiger partial charge in [-0.1, -0.05) is 15.9 Å². The van der Waals surface area contributed by atoms with Crippen LogP contribution < -0.4 is 20.5 Å². The maximum absolute atomic E-state index is 12.2. The van der Waals surface area contributed by atoms with Crippen LogP contribution in [0.15, 0.2) is 58.2 Å². The van der Waals surface area contributed by atoms with Crippen LogP contribution in [0.4, 0.5) is 5.69 Å². The number of methoxy groups -OCH3 is 1. The van der Waals surface area contributed by atoms with Crippen molar-refractivity contribution in [3.8, 4) is 17.6 Å². The summed E-state index contributed by atoms with van der Waals surface area (Å²) in [6, 6.07) is 12.9. The number of carbonyl (C=O) groups is 3. The van der Waals surface area contributed by atoms with Crippen LogP contribution in [0.1, 0.15) is 17.3 Å². The summed E-state index contributed by atoms with van der Waals surface area (Å²) < 4.78 is 16.5. The minimum atomic E-state index is -0.803. The van der Waals surface area contributed by atoms with Crippen molar-refractivity contribution < 1.29 is 28.6 Å². The number of nitrogens with two attached hydrogens (primary N) is 1. The molecule has 0 unspecified atom stereocenters. The number of amides is 1. The molecular formula is C22H20BrN3O6. The zero-order chi connectivity index (χ0) is 23.7. The quantitative estimate of drug-likeness (QED) is 0.303. The highest BCUT2D eigenvalue weighted by molar-refractivity contribution is 9.10. The Hall–Kier alpha value is -3.84. The van der Waals surface area contributed by atoms with E-state index in [1.807, 2.05) is 0 Å². The van der Waals surface area contributed by atoms with E-state index in [1.54, 1.807) is 30.3 Å². The predicted octanol–water partition coefficient (Wildman–Crippen LogP) is 2.96. The van der Waals surface area contributed by atoms with Crippen molar-refractivity contribution in [2.75, 3.05) is 25.6 Å². The molecule has 0 saturated heterocycles. The normalized spacial score (nSPS) is 10.9. The minimum absolute atomic E-state index is 0.0425. The van der Waals surface area contributed by atoms with E-state index in [0.29, 0.717) is 5.69 Å². The van der Waals surface area contributed by atoms with Crippen LogP contribution in [0.5, 0.6) is 11.5 Å². The van der Waals surface area contributed by atoms with Gasteiger partial charge in [0, 0.05) is 15.9 Å². The van der Waals surface area contributed by atoms with Crippen molar-refractivity contribution in [1.29, 1.82) is 5.26 Å². The van der Waals surface area contributed by atoms with Gasteiger partial charge in [-0.2, -0.15) is 5.26 Å². The fraction of sp³-hybridized carbons (Fsp3) is 0.182. The molecule has 0 saturated carbocycles. The molecular weight excluding hydrogens is 482 g/mol. The molecule has 0 atom stereocenters. The molecule has 10 heteroatoms. The second-order valence-electron chi connectivity index (χ2n) is 6.38. The highest BCUT2D eigenvalue weighted by atomic mass is 79.9. The van der Waals surface area contributed by atoms with E-state index >= 15 is 0 Å². The molecule has 2 aromatic carbocycles. The number of anilines is 1. The van der Waals surface area contributed by atoms with Crippen LogP contribution >= 0.6 is 15.9 Å². The number of halogens is 1. The molecule has 0 fully saturated rings. The van der Waals surface area contributed by atoms with Gasteiger partial charge in [-0.25, -0.2) is 4.79 Å². The summed E-state index contributed by atoms with van der Waals surface area (Å²) in [5, 5.41) is 11.6. The molecule has 166 valence electrons. The largest absolute Gasteiger partial charge is 0.493 e. The third-order valence-corrected chi connectivity index (χ3v) is 4.53. The molecule has 3 N–H and O–H groups in total. The van der Waals surface area contributed by atoms with E-state index < -0.39 is 18.4 Å². The van der Waals surface area contributed by atoms with Crippen LogP contribution in [-0.2, 0) is 14.3 Å². The number of ether oxygens (including phenoxy) is 3. The lowest BCUT2D eigenvalue weighted by molar-refractivity contribution is -0.118. The van der Waals surface area contributed by atoms with Crippen molar-refractivity contribution in [1.82, 2.24) is 0 Å². The first kappa shape index (κ1) is 24.4. The third-order valence-electron chi connectivity index (χ3n) is 4.01. The maximum Gasteiger partial charge on any atom is 0.338 e. The highest BCUT2D eigenvalue weighted by Gasteiger charge is 2.17. The van der Waals surface area contributed by atoms with Gasteiger partial charge in [0.25, 0.3) is 5.91 Å². The SMILES string of the molecule is COc1cc(C(=O)OCC(=O)/C(C#N)=C(/C)N)ccc1OCC(=O)Nc1ccc(Br)cc1. The van der Waals surface area contributed by atoms with Crippen LogP contribution in [0.3, 0.4) is 0 Å². The Kier molecular flexibility index (Phi) is 8.80. The number of esters is 1. The van der Waals surface area contributed by atoms with Crippen molar-refractivity contribution in [3.05, 3.63) is 63.8 Å². The number of hydrogen-bond donors (Lipinski definition) is 2. The zero-order valence-corrected chi connectivity index (χ0v) is 18.9. The smallest absolute Gasteiger partial charge is 0.338 e. The Bertz CT molecular complexity index is 1090. The Labute approximate surface area is 192 Å². The van der Waals surface area contributed by atoms with E-state index in [1.165, 1.54) is 32.2 Å². The molecule has 0 radical (unpaired) electrons. The van der Waals surface area contributed by atoms with Crippen molar-refractivity contribution >= 4 is 39.3 Å². The number of hydrogen-bond acceptors (Lipinski definition) is 8. The van der Waals surface area contributed by atoms with Crippen molar-refractivity contribution in [2.24, 2.45) is 5.73 Å². The minimum Gasteiger partial charge on any atom is -0.493 e. The highest BCUT2D eigenvalue weighted by Crippen LogP contribution is 2.28. The summed E-state index contributed by atoms with van der Waals surface area (Å²) >= 11 is 3.32. The number of rotatable bonds is 9. The van der Waals surface area contributed by atoms with Crippen molar-refractivity contribution in [2.45, 2.75) is 6.92 Å². The summed E-state index contributed by atoms with van der Waals surface area (Å²) in [6.07, 6.45) is 0. The van der Waals surface area contributed by atoms with Gasteiger partial charge in [0.2, 0.25) is 5.78 Å². The molecule has 0 aliphatic rings. The summed E-state index contributed by atoms with van der Waals surface area (Å²) in [4.78, 5) is 36.2. The van der Waals surface area contributed by atoms with E-state index in [0.717, 1.165) is 4.47 Å². The number of allylic oxidation sites excluding steroid dienone is 1. The number of nitrogens with one attached hydrogen (secondary N) is 1. The Morgan fingerprint density at radius 2 is 1.78 bits per heavy atom. The van der Waals surface area contributed by atoms with Gasteiger partial charge in [-0.3, -0.25) is 9.59 Å². The summed E-state index contributed by atoms with van der Waals surface area (Å²) in [5.41, 5.74) is 5.94. The molecule has 1 amide bonds. The Balaban J connectivity index is 1.98. The number of carbonyl (C=O) groups excluding carboxylic acids is 3. The maximum atomic E-state index is 12.2. The number of ketones is 1. The van der Waals surface area contributed by atoms with Gasteiger partial charge >= 0.3 is 5.97 Å². The van der Waals surface area contributed by atoms with Gasteiger partial charge < -0.3 is 25.3 Å². The molecule has 0 aliphatic heterocycles. The number of benzene rings is 2. The molecule has 0 aliphatic carbocycles. The molecule has 0 spiro atoms. The van der Waals surface area contributed by atoms with E-state index in [2.05, 4.69) is 21.2 Å². The van der Waals surface area contributed by atoms with Crippen LogP contribution in [0, 0.1) is 11.3 Å². The Morgan fingerprint density at radius 1 is 1.09 bits per heavy atom. The van der Waals surface area contributed by atoms with Gasteiger partial charge in [-0.15, -0.1) is 0 Å². The van der Waals surface area contributed by atoms with Crippen LogP contribution in [0.2, 0.25) is 0 Å². The lowest BCUT2D eigenvalue weighted by Gasteiger charge is -2.12. The van der Waals surface area contributed by atoms with Crippen LogP contribution in [-0.4, -0.2) is 38.0 Å². The van der Waals surface area contributed by atoms with Gasteiger partial charge in [-0.05, 0) is 49.4 Å². The third kappa shape index (κ3) is 6.85. The van der Waals surface area contributed by atoms with Gasteiger partial charge in [0.15, 0.2) is 24.7 Å². The summed E-state index contributed by atoms with van der Waals surface area (Å²) in [7, 11) is 1.37. The monoisotopic (exact) mass is 501 g/mol. The average Bonchev–Trinajstić information content (AvgIpc) is 2.77. The van der Waals surface area contributed by atoms with Gasteiger partial charge in [0.05, 0.1) is 12.7 Å². The number of Topliss-reactive ketones (excluding diaryl/α,β-unsaturated/α-hetero) is 1. The second kappa shape index (κ2) is 11.5. The second-order valence-corrected chi connectivity index (χ2v) is 7.29.